The molecule has 3 N–H and O–H groups in total. The fraction of sp³-hybridized carbons (Fsp3) is 0.538. The highest BCUT2D eigenvalue weighted by atomic mass is 16.5. The van der Waals surface area contributed by atoms with Crippen molar-refractivity contribution in [2.24, 2.45) is 5.73 Å². The minimum atomic E-state index is 0.289. The molecule has 1 aromatic rings. The highest BCUT2D eigenvalue weighted by Crippen LogP contribution is 2.17. The van der Waals surface area contributed by atoms with E-state index in [-0.39, 0.29) is 6.61 Å². The number of nitrogens with two attached hydrogens (primary N) is 1. The predicted octanol–water partition coefficient (Wildman–Crippen LogP) is 2.08. The number of aliphatic hydroxyl groups is 1. The minimum absolute atomic E-state index is 0.289. The summed E-state index contributed by atoms with van der Waals surface area (Å²) in [5.41, 5.74) is 6.67. The molecule has 3 heteroatoms. The number of rotatable bonds is 8. The maximum atomic E-state index is 8.62. The zero-order valence-electron chi connectivity index (χ0n) is 9.69. The lowest BCUT2D eigenvalue weighted by atomic mass is 10.2. The lowest BCUT2D eigenvalue weighted by Gasteiger charge is -2.09. The SMILES string of the molecule is NCc1ccccc1OCCCCCCO. The fourth-order valence-corrected chi connectivity index (χ4v) is 1.56. The van der Waals surface area contributed by atoms with Gasteiger partial charge in [-0.25, -0.2) is 0 Å². The van der Waals surface area contributed by atoms with Gasteiger partial charge in [-0.3, -0.25) is 0 Å². The summed E-state index contributed by atoms with van der Waals surface area (Å²) in [5, 5.41) is 8.62. The molecule has 1 aromatic carbocycles. The van der Waals surface area contributed by atoms with Gasteiger partial charge in [-0.2, -0.15) is 0 Å². The van der Waals surface area contributed by atoms with E-state index in [9.17, 15) is 0 Å². The maximum Gasteiger partial charge on any atom is 0.123 e. The molecule has 16 heavy (non-hydrogen) atoms. The molecule has 0 aliphatic rings. The van der Waals surface area contributed by atoms with Gasteiger partial charge in [0.25, 0.3) is 0 Å². The van der Waals surface area contributed by atoms with Crippen molar-refractivity contribution in [1.29, 1.82) is 0 Å². The molecule has 3 nitrogen and oxygen atoms in total. The first-order valence-corrected chi connectivity index (χ1v) is 5.90. The van der Waals surface area contributed by atoms with E-state index >= 15 is 0 Å². The Labute approximate surface area is 97.2 Å². The van der Waals surface area contributed by atoms with E-state index in [4.69, 9.17) is 15.6 Å². The maximum absolute atomic E-state index is 8.62. The fourth-order valence-electron chi connectivity index (χ4n) is 1.56. The van der Waals surface area contributed by atoms with E-state index in [0.29, 0.717) is 6.54 Å². The summed E-state index contributed by atoms with van der Waals surface area (Å²) >= 11 is 0. The molecule has 0 spiro atoms. The van der Waals surface area contributed by atoms with Crippen molar-refractivity contribution in [3.8, 4) is 5.75 Å². The smallest absolute Gasteiger partial charge is 0.123 e. The standard InChI is InChI=1S/C13H21NO2/c14-11-12-7-3-4-8-13(12)16-10-6-2-1-5-9-15/h3-4,7-8,15H,1-2,5-6,9-11,14H2. The summed E-state index contributed by atoms with van der Waals surface area (Å²) in [6.07, 6.45) is 4.09. The van der Waals surface area contributed by atoms with Gasteiger partial charge in [-0.15, -0.1) is 0 Å². The Balaban J connectivity index is 2.21. The van der Waals surface area contributed by atoms with Gasteiger partial charge in [0.05, 0.1) is 6.61 Å². The van der Waals surface area contributed by atoms with Crippen LogP contribution < -0.4 is 10.5 Å². The van der Waals surface area contributed by atoms with Crippen LogP contribution in [-0.4, -0.2) is 18.3 Å². The minimum Gasteiger partial charge on any atom is -0.493 e. The average molecular weight is 223 g/mol. The first kappa shape index (κ1) is 13.0. The number of aliphatic hydroxyl groups excluding tert-OH is 1. The van der Waals surface area contributed by atoms with Gasteiger partial charge in [-0.1, -0.05) is 24.6 Å². The molecule has 0 fully saturated rings. The topological polar surface area (TPSA) is 55.5 Å². The molecule has 0 saturated heterocycles. The molecule has 90 valence electrons. The first-order chi connectivity index (χ1) is 7.88. The van der Waals surface area contributed by atoms with Crippen LogP contribution in [0.1, 0.15) is 31.2 Å². The normalized spacial score (nSPS) is 10.4. The number of hydrogen-bond donors (Lipinski definition) is 2. The van der Waals surface area contributed by atoms with Gasteiger partial charge in [0.2, 0.25) is 0 Å². The van der Waals surface area contributed by atoms with Crippen LogP contribution in [0.25, 0.3) is 0 Å². The lowest BCUT2D eigenvalue weighted by Crippen LogP contribution is -2.03. The summed E-state index contributed by atoms with van der Waals surface area (Å²) in [6.45, 7) is 1.53. The molecule has 1 rings (SSSR count). The highest BCUT2D eigenvalue weighted by molar-refractivity contribution is 5.32. The number of hydrogen-bond acceptors (Lipinski definition) is 3. The molecule has 0 bridgehead atoms. The number of ether oxygens (including phenoxy) is 1. The molecular weight excluding hydrogens is 202 g/mol. The summed E-state index contributed by atoms with van der Waals surface area (Å²) < 4.78 is 5.67. The van der Waals surface area contributed by atoms with E-state index in [2.05, 4.69) is 0 Å². The average Bonchev–Trinajstić information content (AvgIpc) is 2.34. The molecule has 0 amide bonds. The molecule has 0 aliphatic heterocycles. The van der Waals surface area contributed by atoms with E-state index in [1.54, 1.807) is 0 Å². The van der Waals surface area contributed by atoms with Crippen LogP contribution in [0.15, 0.2) is 24.3 Å². The van der Waals surface area contributed by atoms with Crippen molar-refractivity contribution >= 4 is 0 Å². The molecule has 0 atom stereocenters. The van der Waals surface area contributed by atoms with Gasteiger partial charge in [-0.05, 0) is 25.3 Å². The quantitative estimate of drug-likeness (QED) is 0.663. The van der Waals surface area contributed by atoms with E-state index in [1.165, 1.54) is 0 Å². The Kier molecular flexibility index (Phi) is 6.61. The number of unbranched alkanes of at least 4 members (excludes halogenated alkanes) is 3. The van der Waals surface area contributed by atoms with Crippen molar-refractivity contribution in [3.63, 3.8) is 0 Å². The third kappa shape index (κ3) is 4.64. The Morgan fingerprint density at radius 3 is 2.56 bits per heavy atom. The van der Waals surface area contributed by atoms with Crippen molar-refractivity contribution in [1.82, 2.24) is 0 Å². The monoisotopic (exact) mass is 223 g/mol. The highest BCUT2D eigenvalue weighted by Gasteiger charge is 1.99. The predicted molar refractivity (Wildman–Crippen MR) is 65.4 cm³/mol. The molecular formula is C13H21NO2. The summed E-state index contributed by atoms with van der Waals surface area (Å²) in [4.78, 5) is 0. The molecule has 0 heterocycles. The molecule has 0 saturated carbocycles. The first-order valence-electron chi connectivity index (χ1n) is 5.90. The van der Waals surface area contributed by atoms with Crippen molar-refractivity contribution in [2.75, 3.05) is 13.2 Å². The van der Waals surface area contributed by atoms with Gasteiger partial charge in [0, 0.05) is 18.7 Å². The Morgan fingerprint density at radius 2 is 1.81 bits per heavy atom. The zero-order chi connectivity index (χ0) is 11.6. The van der Waals surface area contributed by atoms with Crippen molar-refractivity contribution in [2.45, 2.75) is 32.2 Å². The van der Waals surface area contributed by atoms with Gasteiger partial charge in [0.15, 0.2) is 0 Å². The Bertz CT molecular complexity index is 289. The zero-order valence-corrected chi connectivity index (χ0v) is 9.69. The second-order valence-electron chi connectivity index (χ2n) is 3.80. The third-order valence-electron chi connectivity index (χ3n) is 2.50. The second kappa shape index (κ2) is 8.13. The van der Waals surface area contributed by atoms with Crippen LogP contribution in [0.2, 0.25) is 0 Å². The van der Waals surface area contributed by atoms with Crippen LogP contribution in [0.5, 0.6) is 5.75 Å². The van der Waals surface area contributed by atoms with Crippen LogP contribution >= 0.6 is 0 Å². The number of benzene rings is 1. The third-order valence-corrected chi connectivity index (χ3v) is 2.50. The van der Waals surface area contributed by atoms with Crippen LogP contribution in [0, 0.1) is 0 Å². The molecule has 0 radical (unpaired) electrons. The van der Waals surface area contributed by atoms with Crippen molar-refractivity contribution in [3.05, 3.63) is 29.8 Å². The van der Waals surface area contributed by atoms with E-state index in [0.717, 1.165) is 43.6 Å². The van der Waals surface area contributed by atoms with Crippen LogP contribution in [0.4, 0.5) is 0 Å². The van der Waals surface area contributed by atoms with Gasteiger partial charge < -0.3 is 15.6 Å². The second-order valence-corrected chi connectivity index (χ2v) is 3.80. The summed E-state index contributed by atoms with van der Waals surface area (Å²) in [6, 6.07) is 7.87. The number of para-hydroxylation sites is 1. The van der Waals surface area contributed by atoms with Crippen molar-refractivity contribution < 1.29 is 9.84 Å². The lowest BCUT2D eigenvalue weighted by molar-refractivity contribution is 0.273. The Morgan fingerprint density at radius 1 is 1.06 bits per heavy atom. The molecule has 0 aromatic heterocycles. The van der Waals surface area contributed by atoms with Gasteiger partial charge >= 0.3 is 0 Å². The van der Waals surface area contributed by atoms with Gasteiger partial charge in [0.1, 0.15) is 5.75 Å². The van der Waals surface area contributed by atoms with Crippen LogP contribution in [-0.2, 0) is 6.54 Å². The summed E-state index contributed by atoms with van der Waals surface area (Å²) in [7, 11) is 0. The van der Waals surface area contributed by atoms with E-state index in [1.807, 2.05) is 24.3 Å². The molecule has 0 aliphatic carbocycles. The van der Waals surface area contributed by atoms with Crippen LogP contribution in [0.3, 0.4) is 0 Å². The molecule has 0 unspecified atom stereocenters. The largest absolute Gasteiger partial charge is 0.493 e. The summed E-state index contributed by atoms with van der Waals surface area (Å²) in [5.74, 6) is 0.896. The van der Waals surface area contributed by atoms with E-state index < -0.39 is 0 Å². The Hall–Kier alpha value is -1.06.